The number of hydrogen-bond acceptors (Lipinski definition) is 4. The van der Waals surface area contributed by atoms with E-state index in [1.807, 2.05) is 13.8 Å². The van der Waals surface area contributed by atoms with Gasteiger partial charge in [-0.05, 0) is 18.9 Å². The summed E-state index contributed by atoms with van der Waals surface area (Å²) in [6, 6.07) is 1.69. The third-order valence-electron chi connectivity index (χ3n) is 2.53. The number of carbonyl (C=O) groups is 1. The summed E-state index contributed by atoms with van der Waals surface area (Å²) in [6.07, 6.45) is 4.12. The fourth-order valence-electron chi connectivity index (χ4n) is 1.36. The Labute approximate surface area is 88.6 Å². The van der Waals surface area contributed by atoms with E-state index in [9.17, 15) is 4.79 Å². The van der Waals surface area contributed by atoms with E-state index in [2.05, 4.69) is 15.3 Å². The van der Waals surface area contributed by atoms with Gasteiger partial charge in [-0.1, -0.05) is 13.8 Å². The SMILES string of the molecule is CCC(CC)(Nc1ncccn1)C(=O)O. The summed E-state index contributed by atoms with van der Waals surface area (Å²) in [5.41, 5.74) is -0.971. The van der Waals surface area contributed by atoms with Crippen LogP contribution in [0.4, 0.5) is 5.95 Å². The quantitative estimate of drug-likeness (QED) is 0.769. The number of carboxylic acid groups (broad SMARTS) is 1. The van der Waals surface area contributed by atoms with Crippen molar-refractivity contribution in [2.24, 2.45) is 0 Å². The summed E-state index contributed by atoms with van der Waals surface area (Å²) in [4.78, 5) is 19.1. The topological polar surface area (TPSA) is 75.1 Å². The van der Waals surface area contributed by atoms with E-state index in [-0.39, 0.29) is 0 Å². The van der Waals surface area contributed by atoms with Crippen molar-refractivity contribution in [1.29, 1.82) is 0 Å². The molecule has 0 spiro atoms. The number of anilines is 1. The molecule has 15 heavy (non-hydrogen) atoms. The molecule has 0 aliphatic carbocycles. The Kier molecular flexibility index (Phi) is 3.60. The maximum absolute atomic E-state index is 11.2. The Morgan fingerprint density at radius 1 is 1.40 bits per heavy atom. The molecule has 0 amide bonds. The highest BCUT2D eigenvalue weighted by Crippen LogP contribution is 2.19. The van der Waals surface area contributed by atoms with Crippen molar-refractivity contribution in [3.63, 3.8) is 0 Å². The van der Waals surface area contributed by atoms with Crippen molar-refractivity contribution in [3.8, 4) is 0 Å². The molecule has 5 nitrogen and oxygen atoms in total. The minimum Gasteiger partial charge on any atom is -0.480 e. The van der Waals surface area contributed by atoms with Crippen LogP contribution in [-0.4, -0.2) is 26.6 Å². The van der Waals surface area contributed by atoms with Gasteiger partial charge in [-0.3, -0.25) is 0 Å². The standard InChI is InChI=1S/C10H15N3O2/c1-3-10(4-2,8(14)15)13-9-11-6-5-7-12-9/h5-7H,3-4H2,1-2H3,(H,14,15)(H,11,12,13). The number of rotatable bonds is 5. The Bertz CT molecular complexity index is 323. The zero-order valence-corrected chi connectivity index (χ0v) is 8.90. The smallest absolute Gasteiger partial charge is 0.329 e. The van der Waals surface area contributed by atoms with Gasteiger partial charge in [0.1, 0.15) is 5.54 Å². The second-order valence-corrected chi connectivity index (χ2v) is 3.29. The number of nitrogens with one attached hydrogen (secondary N) is 1. The van der Waals surface area contributed by atoms with Gasteiger partial charge in [-0.25, -0.2) is 14.8 Å². The molecule has 1 rings (SSSR count). The Hall–Kier alpha value is -1.65. The zero-order valence-electron chi connectivity index (χ0n) is 8.90. The number of aliphatic carboxylic acids is 1. The average molecular weight is 209 g/mol. The molecule has 5 heteroatoms. The summed E-state index contributed by atoms with van der Waals surface area (Å²) in [5, 5.41) is 12.0. The Balaban J connectivity index is 2.89. The summed E-state index contributed by atoms with van der Waals surface area (Å²) in [5.74, 6) is -0.524. The Morgan fingerprint density at radius 2 is 1.93 bits per heavy atom. The molecule has 0 fully saturated rings. The minimum absolute atomic E-state index is 0.351. The third-order valence-corrected chi connectivity index (χ3v) is 2.53. The van der Waals surface area contributed by atoms with Crippen LogP contribution in [0.1, 0.15) is 26.7 Å². The van der Waals surface area contributed by atoms with Gasteiger partial charge in [0.15, 0.2) is 0 Å². The molecule has 0 aliphatic rings. The highest BCUT2D eigenvalue weighted by atomic mass is 16.4. The molecule has 82 valence electrons. The molecule has 0 saturated heterocycles. The largest absolute Gasteiger partial charge is 0.480 e. The fourth-order valence-corrected chi connectivity index (χ4v) is 1.36. The monoisotopic (exact) mass is 209 g/mol. The van der Waals surface area contributed by atoms with Gasteiger partial charge in [0.25, 0.3) is 0 Å². The molecular formula is C10H15N3O2. The first kappa shape index (κ1) is 11.4. The van der Waals surface area contributed by atoms with Crippen LogP contribution in [-0.2, 0) is 4.79 Å². The lowest BCUT2D eigenvalue weighted by Gasteiger charge is -2.27. The van der Waals surface area contributed by atoms with E-state index in [0.717, 1.165) is 0 Å². The lowest BCUT2D eigenvalue weighted by atomic mass is 9.93. The van der Waals surface area contributed by atoms with E-state index in [1.54, 1.807) is 18.5 Å². The van der Waals surface area contributed by atoms with Crippen LogP contribution >= 0.6 is 0 Å². The minimum atomic E-state index is -0.971. The van der Waals surface area contributed by atoms with Crippen molar-refractivity contribution in [1.82, 2.24) is 9.97 Å². The fraction of sp³-hybridized carbons (Fsp3) is 0.500. The molecule has 0 atom stereocenters. The van der Waals surface area contributed by atoms with E-state index < -0.39 is 11.5 Å². The lowest BCUT2D eigenvalue weighted by molar-refractivity contribution is -0.142. The van der Waals surface area contributed by atoms with Crippen LogP contribution in [0, 0.1) is 0 Å². The lowest BCUT2D eigenvalue weighted by Crippen LogP contribution is -2.45. The zero-order chi connectivity index (χ0) is 11.3. The first-order valence-electron chi connectivity index (χ1n) is 4.93. The molecule has 2 N–H and O–H groups in total. The average Bonchev–Trinajstić information content (AvgIpc) is 2.27. The van der Waals surface area contributed by atoms with Crippen LogP contribution < -0.4 is 5.32 Å². The van der Waals surface area contributed by atoms with E-state index in [4.69, 9.17) is 5.11 Å². The highest BCUT2D eigenvalue weighted by Gasteiger charge is 2.35. The van der Waals surface area contributed by atoms with Crippen molar-refractivity contribution in [2.45, 2.75) is 32.2 Å². The van der Waals surface area contributed by atoms with E-state index >= 15 is 0 Å². The summed E-state index contributed by atoms with van der Waals surface area (Å²) < 4.78 is 0. The summed E-state index contributed by atoms with van der Waals surface area (Å²) in [7, 11) is 0. The molecule has 0 bridgehead atoms. The van der Waals surface area contributed by atoms with Gasteiger partial charge in [-0.15, -0.1) is 0 Å². The first-order valence-corrected chi connectivity index (χ1v) is 4.93. The third kappa shape index (κ3) is 2.43. The molecule has 0 saturated carbocycles. The van der Waals surface area contributed by atoms with Gasteiger partial charge in [0.05, 0.1) is 0 Å². The van der Waals surface area contributed by atoms with Gasteiger partial charge >= 0.3 is 5.97 Å². The number of carboxylic acids is 1. The molecule has 0 radical (unpaired) electrons. The summed E-state index contributed by atoms with van der Waals surface area (Å²) in [6.45, 7) is 3.65. The van der Waals surface area contributed by atoms with Crippen LogP contribution in [0.2, 0.25) is 0 Å². The summed E-state index contributed by atoms with van der Waals surface area (Å²) >= 11 is 0. The second-order valence-electron chi connectivity index (χ2n) is 3.29. The van der Waals surface area contributed by atoms with Gasteiger partial charge < -0.3 is 10.4 Å². The maximum Gasteiger partial charge on any atom is 0.329 e. The number of aromatic nitrogens is 2. The van der Waals surface area contributed by atoms with Crippen molar-refractivity contribution < 1.29 is 9.90 Å². The molecule has 0 aromatic carbocycles. The number of nitrogens with zero attached hydrogens (tertiary/aromatic N) is 2. The maximum atomic E-state index is 11.2. The van der Waals surface area contributed by atoms with Gasteiger partial charge in [-0.2, -0.15) is 0 Å². The molecular weight excluding hydrogens is 194 g/mol. The van der Waals surface area contributed by atoms with Crippen LogP contribution in [0.5, 0.6) is 0 Å². The van der Waals surface area contributed by atoms with Crippen LogP contribution in [0.15, 0.2) is 18.5 Å². The van der Waals surface area contributed by atoms with Crippen LogP contribution in [0.25, 0.3) is 0 Å². The second kappa shape index (κ2) is 4.72. The molecule has 1 heterocycles. The molecule has 1 aromatic heterocycles. The van der Waals surface area contributed by atoms with E-state index in [0.29, 0.717) is 18.8 Å². The predicted octanol–water partition coefficient (Wildman–Crippen LogP) is 1.53. The Morgan fingerprint density at radius 3 is 2.33 bits per heavy atom. The van der Waals surface area contributed by atoms with Crippen molar-refractivity contribution in [2.75, 3.05) is 5.32 Å². The molecule has 0 aliphatic heterocycles. The normalized spacial score (nSPS) is 11.1. The van der Waals surface area contributed by atoms with Gasteiger partial charge in [0, 0.05) is 12.4 Å². The first-order chi connectivity index (χ1) is 7.14. The molecule has 1 aromatic rings. The number of hydrogen-bond donors (Lipinski definition) is 2. The van der Waals surface area contributed by atoms with Gasteiger partial charge in [0.2, 0.25) is 5.95 Å². The van der Waals surface area contributed by atoms with Crippen molar-refractivity contribution in [3.05, 3.63) is 18.5 Å². The highest BCUT2D eigenvalue weighted by molar-refractivity contribution is 5.81. The van der Waals surface area contributed by atoms with Crippen LogP contribution in [0.3, 0.4) is 0 Å². The molecule has 0 unspecified atom stereocenters. The predicted molar refractivity (Wildman–Crippen MR) is 56.6 cm³/mol. The van der Waals surface area contributed by atoms with Crippen molar-refractivity contribution >= 4 is 11.9 Å². The van der Waals surface area contributed by atoms with E-state index in [1.165, 1.54) is 0 Å².